The number of hydrogen-bond acceptors (Lipinski definition) is 5. The largest absolute Gasteiger partial charge is 0.367 e. The molecule has 2 N–H and O–H groups in total. The third-order valence-electron chi connectivity index (χ3n) is 1.90. The fourth-order valence-corrected chi connectivity index (χ4v) is 1.60. The van der Waals surface area contributed by atoms with Crippen molar-refractivity contribution in [2.24, 2.45) is 0 Å². The summed E-state index contributed by atoms with van der Waals surface area (Å²) in [5, 5.41) is 3.09. The molecule has 2 heterocycles. The fourth-order valence-electron chi connectivity index (χ4n) is 1.21. The van der Waals surface area contributed by atoms with Gasteiger partial charge in [-0.05, 0) is 0 Å². The van der Waals surface area contributed by atoms with Gasteiger partial charge in [-0.15, -0.1) is 0 Å². The summed E-state index contributed by atoms with van der Waals surface area (Å²) in [6.45, 7) is 0.619. The average molecular weight is 225 g/mol. The van der Waals surface area contributed by atoms with E-state index in [-0.39, 0.29) is 0 Å². The summed E-state index contributed by atoms with van der Waals surface area (Å²) in [4.78, 5) is 15.0. The monoisotopic (exact) mass is 225 g/mol. The molecule has 2 aromatic rings. The van der Waals surface area contributed by atoms with Crippen molar-refractivity contribution in [3.63, 3.8) is 0 Å². The second-order valence-electron chi connectivity index (χ2n) is 3.03. The highest BCUT2D eigenvalue weighted by atomic mass is 32.2. The van der Waals surface area contributed by atoms with Gasteiger partial charge in [0.25, 0.3) is 0 Å². The van der Waals surface area contributed by atoms with Crippen LogP contribution in [0.15, 0.2) is 12.7 Å². The van der Waals surface area contributed by atoms with E-state index in [0.29, 0.717) is 23.8 Å². The minimum absolute atomic E-state index is 0.597. The Labute approximate surface area is 89.0 Å². The maximum absolute atomic E-state index is 10.9. The fraction of sp³-hybridized carbons (Fsp3) is 0.375. The van der Waals surface area contributed by atoms with E-state index in [0.717, 1.165) is 5.52 Å². The summed E-state index contributed by atoms with van der Waals surface area (Å²) >= 11 is 0. The van der Waals surface area contributed by atoms with Crippen LogP contribution in [0.1, 0.15) is 0 Å². The predicted molar refractivity (Wildman–Crippen MR) is 59.1 cm³/mol. The van der Waals surface area contributed by atoms with Crippen LogP contribution in [-0.2, 0) is 10.8 Å². The first-order valence-electron chi connectivity index (χ1n) is 4.45. The molecule has 0 aromatic carbocycles. The van der Waals surface area contributed by atoms with Gasteiger partial charge in [-0.1, -0.05) is 0 Å². The molecule has 0 bridgehead atoms. The maximum atomic E-state index is 10.9. The summed E-state index contributed by atoms with van der Waals surface area (Å²) in [5.74, 6) is 1.29. The van der Waals surface area contributed by atoms with Gasteiger partial charge in [0.1, 0.15) is 11.8 Å². The Kier molecular flexibility index (Phi) is 2.91. The van der Waals surface area contributed by atoms with E-state index in [4.69, 9.17) is 0 Å². The lowest BCUT2D eigenvalue weighted by molar-refractivity contribution is 0.687. The van der Waals surface area contributed by atoms with E-state index in [9.17, 15) is 4.21 Å². The van der Waals surface area contributed by atoms with Gasteiger partial charge in [0.2, 0.25) is 0 Å². The third-order valence-corrected chi connectivity index (χ3v) is 2.68. The summed E-state index contributed by atoms with van der Waals surface area (Å²) in [5.41, 5.74) is 1.41. The summed E-state index contributed by atoms with van der Waals surface area (Å²) in [6, 6.07) is 0. The summed E-state index contributed by atoms with van der Waals surface area (Å²) in [6.07, 6.45) is 4.70. The smallest absolute Gasteiger partial charge is 0.182 e. The molecular formula is C8H11N5OS. The molecule has 0 saturated carbocycles. The zero-order chi connectivity index (χ0) is 10.7. The molecule has 1 atom stereocenters. The molecule has 0 aliphatic rings. The second kappa shape index (κ2) is 4.35. The standard InChI is InChI=1S/C8H11N5OS/c1-15(14)3-2-9-7-6-8(11-4-10-6)13-5-12-7/h4-5H,2-3H2,1H3,(H2,9,10,11,12,13). The number of H-pyrrole nitrogens is 1. The number of nitrogens with one attached hydrogen (secondary N) is 2. The SMILES string of the molecule is CS(=O)CCNc1ncnc2nc[nH]c12. The Morgan fingerprint density at radius 1 is 1.47 bits per heavy atom. The van der Waals surface area contributed by atoms with E-state index < -0.39 is 10.8 Å². The van der Waals surface area contributed by atoms with Gasteiger partial charge in [-0.2, -0.15) is 0 Å². The molecule has 0 spiro atoms. The van der Waals surface area contributed by atoms with Crippen LogP contribution in [0.4, 0.5) is 5.82 Å². The van der Waals surface area contributed by atoms with Crippen molar-refractivity contribution in [2.75, 3.05) is 23.9 Å². The molecule has 6 nitrogen and oxygen atoms in total. The van der Waals surface area contributed by atoms with Gasteiger partial charge in [-0.3, -0.25) is 4.21 Å². The second-order valence-corrected chi connectivity index (χ2v) is 4.58. The molecular weight excluding hydrogens is 214 g/mol. The highest BCUT2D eigenvalue weighted by Crippen LogP contribution is 2.13. The lowest BCUT2D eigenvalue weighted by Gasteiger charge is -2.03. The molecule has 0 fully saturated rings. The van der Waals surface area contributed by atoms with Crippen molar-refractivity contribution in [1.82, 2.24) is 19.9 Å². The topological polar surface area (TPSA) is 83.6 Å². The Bertz CT molecular complexity index is 483. The van der Waals surface area contributed by atoms with Crippen molar-refractivity contribution in [3.05, 3.63) is 12.7 Å². The van der Waals surface area contributed by atoms with Crippen LogP contribution in [0.25, 0.3) is 11.2 Å². The van der Waals surface area contributed by atoms with Gasteiger partial charge in [0, 0.05) is 29.4 Å². The molecule has 7 heteroatoms. The quantitative estimate of drug-likeness (QED) is 0.773. The average Bonchev–Trinajstić information content (AvgIpc) is 2.65. The van der Waals surface area contributed by atoms with Crippen molar-refractivity contribution < 1.29 is 4.21 Å². The van der Waals surface area contributed by atoms with Crippen LogP contribution in [0.2, 0.25) is 0 Å². The number of rotatable bonds is 4. The minimum atomic E-state index is -0.795. The third kappa shape index (κ3) is 2.30. The number of nitrogens with zero attached hydrogens (tertiary/aromatic N) is 3. The molecule has 80 valence electrons. The number of aromatic nitrogens is 4. The number of hydrogen-bond donors (Lipinski definition) is 2. The van der Waals surface area contributed by atoms with E-state index in [1.807, 2.05) is 0 Å². The van der Waals surface area contributed by atoms with Crippen molar-refractivity contribution in [1.29, 1.82) is 0 Å². The highest BCUT2D eigenvalue weighted by Gasteiger charge is 2.04. The maximum Gasteiger partial charge on any atom is 0.182 e. The Morgan fingerprint density at radius 2 is 2.33 bits per heavy atom. The Balaban J connectivity index is 2.13. The van der Waals surface area contributed by atoms with Crippen molar-refractivity contribution >= 4 is 27.8 Å². The van der Waals surface area contributed by atoms with Gasteiger partial charge in [-0.25, -0.2) is 15.0 Å². The zero-order valence-corrected chi connectivity index (χ0v) is 9.04. The molecule has 1 unspecified atom stereocenters. The first-order chi connectivity index (χ1) is 7.27. The van der Waals surface area contributed by atoms with Crippen LogP contribution < -0.4 is 5.32 Å². The van der Waals surface area contributed by atoms with E-state index in [1.165, 1.54) is 6.33 Å². The summed E-state index contributed by atoms with van der Waals surface area (Å²) < 4.78 is 10.9. The van der Waals surface area contributed by atoms with Crippen LogP contribution in [-0.4, -0.2) is 42.7 Å². The molecule has 2 rings (SSSR count). The lowest BCUT2D eigenvalue weighted by Crippen LogP contribution is -2.11. The molecule has 0 saturated heterocycles. The molecule has 2 aromatic heterocycles. The van der Waals surface area contributed by atoms with Crippen molar-refractivity contribution in [3.8, 4) is 0 Å². The summed E-state index contributed by atoms with van der Waals surface area (Å²) in [7, 11) is -0.795. The zero-order valence-electron chi connectivity index (χ0n) is 8.23. The van der Waals surface area contributed by atoms with E-state index >= 15 is 0 Å². The van der Waals surface area contributed by atoms with Gasteiger partial charge in [0.15, 0.2) is 11.5 Å². The molecule has 0 aliphatic carbocycles. The number of fused-ring (bicyclic) bond motifs is 1. The first-order valence-corrected chi connectivity index (χ1v) is 6.18. The molecule has 15 heavy (non-hydrogen) atoms. The highest BCUT2D eigenvalue weighted by molar-refractivity contribution is 7.84. The molecule has 0 amide bonds. The van der Waals surface area contributed by atoms with Gasteiger partial charge < -0.3 is 10.3 Å². The lowest BCUT2D eigenvalue weighted by atomic mass is 10.5. The normalized spacial score (nSPS) is 12.9. The van der Waals surface area contributed by atoms with Gasteiger partial charge >= 0.3 is 0 Å². The van der Waals surface area contributed by atoms with Crippen LogP contribution in [0.3, 0.4) is 0 Å². The molecule has 0 aliphatic heterocycles. The van der Waals surface area contributed by atoms with E-state index in [2.05, 4.69) is 25.3 Å². The van der Waals surface area contributed by atoms with Crippen LogP contribution in [0.5, 0.6) is 0 Å². The van der Waals surface area contributed by atoms with Crippen LogP contribution in [0, 0.1) is 0 Å². The van der Waals surface area contributed by atoms with Crippen LogP contribution >= 0.6 is 0 Å². The van der Waals surface area contributed by atoms with E-state index in [1.54, 1.807) is 12.6 Å². The van der Waals surface area contributed by atoms with Gasteiger partial charge in [0.05, 0.1) is 6.33 Å². The first kappa shape index (κ1) is 10.0. The Morgan fingerprint density at radius 3 is 3.13 bits per heavy atom. The molecule has 0 radical (unpaired) electrons. The number of aromatic amines is 1. The number of anilines is 1. The predicted octanol–water partition coefficient (Wildman–Crippen LogP) is 0.143. The van der Waals surface area contributed by atoms with Crippen molar-refractivity contribution in [2.45, 2.75) is 0 Å². The minimum Gasteiger partial charge on any atom is -0.367 e. The Hall–Kier alpha value is -1.50. The number of imidazole rings is 1.